The van der Waals surface area contributed by atoms with Crippen molar-refractivity contribution >= 4 is 34.3 Å². The number of aliphatic hydroxyl groups excluding tert-OH is 1. The minimum atomic E-state index is -0.568. The molecule has 4 heteroatoms. The zero-order valence-corrected chi connectivity index (χ0v) is 9.69. The molecule has 1 rings (SSSR count). The van der Waals surface area contributed by atoms with Crippen LogP contribution in [0.3, 0.4) is 0 Å². The number of rotatable bonds is 2. The third-order valence-electron chi connectivity index (χ3n) is 1.60. The first kappa shape index (κ1) is 11.0. The molecule has 74 valence electrons. The average Bonchev–Trinajstić information content (AvgIpc) is 2.18. The highest BCUT2D eigenvalue weighted by Crippen LogP contribution is 2.13. The Morgan fingerprint density at radius 1 is 1.43 bits per heavy atom. The van der Waals surface area contributed by atoms with Gasteiger partial charge in [-0.3, -0.25) is 0 Å². The summed E-state index contributed by atoms with van der Waals surface area (Å²) in [6.07, 6.45) is 1.04. The molecule has 1 aromatic rings. The molecule has 0 aromatic heterocycles. The predicted octanol–water partition coefficient (Wildman–Crippen LogP) is 2.36. The summed E-state index contributed by atoms with van der Waals surface area (Å²) in [5, 5.41) is 9.47. The second-order valence-electron chi connectivity index (χ2n) is 2.56. The topological polar surface area (TPSA) is 46.5 Å². The van der Waals surface area contributed by atoms with Gasteiger partial charge in [-0.15, -0.1) is 0 Å². The van der Waals surface area contributed by atoms with E-state index >= 15 is 0 Å². The molecule has 14 heavy (non-hydrogen) atoms. The van der Waals surface area contributed by atoms with E-state index in [2.05, 4.69) is 27.3 Å². The van der Waals surface area contributed by atoms with Crippen LogP contribution in [0.25, 0.3) is 5.76 Å². The van der Waals surface area contributed by atoms with E-state index in [0.29, 0.717) is 5.56 Å². The van der Waals surface area contributed by atoms with Crippen LogP contribution in [0.2, 0.25) is 0 Å². The monoisotopic (exact) mass is 304 g/mol. The molecule has 3 nitrogen and oxygen atoms in total. The molecule has 0 heterocycles. The molecule has 0 saturated carbocycles. The van der Waals surface area contributed by atoms with Crippen LogP contribution in [0.4, 0.5) is 0 Å². The molecular formula is C10H9IO3. The highest BCUT2D eigenvalue weighted by atomic mass is 127. The van der Waals surface area contributed by atoms with E-state index in [1.807, 2.05) is 12.1 Å². The van der Waals surface area contributed by atoms with Crippen molar-refractivity contribution in [2.24, 2.45) is 0 Å². The zero-order valence-electron chi connectivity index (χ0n) is 7.53. The van der Waals surface area contributed by atoms with Gasteiger partial charge in [0.2, 0.25) is 0 Å². The SMILES string of the molecule is COC(=O)C=C(O)c1ccc(I)cc1. The van der Waals surface area contributed by atoms with Crippen LogP contribution in [-0.4, -0.2) is 18.2 Å². The van der Waals surface area contributed by atoms with Crippen LogP contribution in [0.1, 0.15) is 5.56 Å². The lowest BCUT2D eigenvalue weighted by atomic mass is 10.2. The highest BCUT2D eigenvalue weighted by molar-refractivity contribution is 14.1. The molecule has 0 aliphatic rings. The lowest BCUT2D eigenvalue weighted by molar-refractivity contribution is -0.134. The van der Waals surface area contributed by atoms with Crippen molar-refractivity contribution in [2.75, 3.05) is 7.11 Å². The summed E-state index contributed by atoms with van der Waals surface area (Å²) >= 11 is 2.16. The average molecular weight is 304 g/mol. The highest BCUT2D eigenvalue weighted by Gasteiger charge is 2.02. The summed E-state index contributed by atoms with van der Waals surface area (Å²) in [4.78, 5) is 10.8. The van der Waals surface area contributed by atoms with Crippen LogP contribution in [0.15, 0.2) is 30.3 Å². The van der Waals surface area contributed by atoms with Crippen molar-refractivity contribution < 1.29 is 14.6 Å². The van der Waals surface area contributed by atoms with Crippen LogP contribution in [0.5, 0.6) is 0 Å². The summed E-state index contributed by atoms with van der Waals surface area (Å²) in [5.41, 5.74) is 0.593. The Kier molecular flexibility index (Phi) is 3.94. The number of halogens is 1. The standard InChI is InChI=1S/C10H9IO3/c1-14-10(13)6-9(12)7-2-4-8(11)5-3-7/h2-6,12H,1H3. The molecule has 0 aliphatic carbocycles. The van der Waals surface area contributed by atoms with Crippen molar-refractivity contribution in [3.8, 4) is 0 Å². The number of carbonyl (C=O) groups is 1. The van der Waals surface area contributed by atoms with Gasteiger partial charge in [-0.05, 0) is 34.7 Å². The molecule has 1 N–H and O–H groups in total. The smallest absolute Gasteiger partial charge is 0.334 e. The Morgan fingerprint density at radius 2 is 2.00 bits per heavy atom. The van der Waals surface area contributed by atoms with Crippen molar-refractivity contribution in [2.45, 2.75) is 0 Å². The summed E-state index contributed by atoms with van der Waals surface area (Å²) in [6.45, 7) is 0. The molecular weight excluding hydrogens is 295 g/mol. The van der Waals surface area contributed by atoms with Gasteiger partial charge in [0.05, 0.1) is 13.2 Å². The molecule has 0 radical (unpaired) electrons. The van der Waals surface area contributed by atoms with Crippen LogP contribution < -0.4 is 0 Å². The Labute approximate surface area is 95.5 Å². The fourth-order valence-electron chi connectivity index (χ4n) is 0.875. The van der Waals surface area contributed by atoms with Crippen LogP contribution in [-0.2, 0) is 9.53 Å². The van der Waals surface area contributed by atoms with Gasteiger partial charge in [-0.25, -0.2) is 4.79 Å². The number of methoxy groups -OCH3 is 1. The molecule has 0 atom stereocenters. The molecule has 0 amide bonds. The lowest BCUT2D eigenvalue weighted by Crippen LogP contribution is -1.96. The van der Waals surface area contributed by atoms with Crippen LogP contribution >= 0.6 is 22.6 Å². The first-order chi connectivity index (χ1) is 6.63. The normalized spacial score (nSPS) is 11.1. The second kappa shape index (κ2) is 4.99. The summed E-state index contributed by atoms with van der Waals surface area (Å²) in [5.74, 6) is -0.658. The van der Waals surface area contributed by atoms with Gasteiger partial charge < -0.3 is 9.84 Å². The van der Waals surface area contributed by atoms with Gasteiger partial charge in [0.25, 0.3) is 0 Å². The first-order valence-corrected chi connectivity index (χ1v) is 4.96. The fourth-order valence-corrected chi connectivity index (χ4v) is 1.23. The van der Waals surface area contributed by atoms with E-state index in [1.54, 1.807) is 12.1 Å². The lowest BCUT2D eigenvalue weighted by Gasteiger charge is -1.99. The number of aliphatic hydroxyl groups is 1. The molecule has 0 spiro atoms. The van der Waals surface area contributed by atoms with Gasteiger partial charge in [-0.2, -0.15) is 0 Å². The van der Waals surface area contributed by atoms with Gasteiger partial charge in [0.15, 0.2) is 0 Å². The first-order valence-electron chi connectivity index (χ1n) is 3.88. The maximum atomic E-state index is 10.8. The van der Waals surface area contributed by atoms with Crippen molar-refractivity contribution in [3.05, 3.63) is 39.5 Å². The number of carbonyl (C=O) groups excluding carboxylic acids is 1. The van der Waals surface area contributed by atoms with Crippen molar-refractivity contribution in [1.29, 1.82) is 0 Å². The minimum Gasteiger partial charge on any atom is -0.507 e. The van der Waals surface area contributed by atoms with E-state index in [-0.39, 0.29) is 5.76 Å². The quantitative estimate of drug-likeness (QED) is 0.395. The van der Waals surface area contributed by atoms with Crippen molar-refractivity contribution in [3.63, 3.8) is 0 Å². The van der Waals surface area contributed by atoms with Crippen LogP contribution in [0, 0.1) is 3.57 Å². The minimum absolute atomic E-state index is 0.0896. The second-order valence-corrected chi connectivity index (χ2v) is 3.81. The number of ether oxygens (including phenoxy) is 1. The molecule has 0 fully saturated rings. The Bertz CT molecular complexity index is 354. The molecule has 0 aliphatic heterocycles. The maximum Gasteiger partial charge on any atom is 0.334 e. The summed E-state index contributed by atoms with van der Waals surface area (Å²) in [6, 6.07) is 7.15. The number of hydrogen-bond donors (Lipinski definition) is 1. The Morgan fingerprint density at radius 3 is 2.50 bits per heavy atom. The van der Waals surface area contributed by atoms with E-state index in [1.165, 1.54) is 7.11 Å². The number of hydrogen-bond acceptors (Lipinski definition) is 3. The molecule has 0 bridgehead atoms. The number of benzene rings is 1. The van der Waals surface area contributed by atoms with E-state index in [9.17, 15) is 9.90 Å². The number of esters is 1. The van der Waals surface area contributed by atoms with Crippen molar-refractivity contribution in [1.82, 2.24) is 0 Å². The Balaban J connectivity index is 2.89. The van der Waals surface area contributed by atoms with Gasteiger partial charge in [-0.1, -0.05) is 12.1 Å². The van der Waals surface area contributed by atoms with Gasteiger partial charge >= 0.3 is 5.97 Å². The zero-order chi connectivity index (χ0) is 10.6. The van der Waals surface area contributed by atoms with Gasteiger partial charge in [0.1, 0.15) is 5.76 Å². The third kappa shape index (κ3) is 3.02. The largest absolute Gasteiger partial charge is 0.507 e. The predicted molar refractivity (Wildman–Crippen MR) is 61.8 cm³/mol. The molecule has 1 aromatic carbocycles. The molecule has 0 unspecified atom stereocenters. The third-order valence-corrected chi connectivity index (χ3v) is 2.31. The summed E-state index contributed by atoms with van der Waals surface area (Å²) in [7, 11) is 1.26. The molecule has 0 saturated heterocycles. The summed E-state index contributed by atoms with van der Waals surface area (Å²) < 4.78 is 5.46. The maximum absolute atomic E-state index is 10.8. The van der Waals surface area contributed by atoms with E-state index in [0.717, 1.165) is 9.65 Å². The van der Waals surface area contributed by atoms with E-state index in [4.69, 9.17) is 0 Å². The Hall–Kier alpha value is -1.04. The fraction of sp³-hybridized carbons (Fsp3) is 0.100. The van der Waals surface area contributed by atoms with Gasteiger partial charge in [0, 0.05) is 9.13 Å². The van der Waals surface area contributed by atoms with E-state index < -0.39 is 5.97 Å².